The fraction of sp³-hybridized carbons (Fsp3) is 0.536. The molecule has 9 nitrogen and oxygen atoms in total. The number of alkyl halides is 6. The Morgan fingerprint density at radius 2 is 1.84 bits per heavy atom. The molecule has 2 amide bonds. The summed E-state index contributed by atoms with van der Waals surface area (Å²) in [6, 6.07) is 2.03. The number of allylic oxidation sites excluding steroid dienone is 1. The average Bonchev–Trinajstić information content (AvgIpc) is 3.78. The van der Waals surface area contributed by atoms with Crippen molar-refractivity contribution in [3.63, 3.8) is 0 Å². The van der Waals surface area contributed by atoms with Crippen LogP contribution in [0, 0.1) is 11.2 Å². The first-order valence-electron chi connectivity index (χ1n) is 14.1. The second kappa shape index (κ2) is 14.2. The molecule has 4 N–H and O–H groups in total. The lowest BCUT2D eigenvalue weighted by Crippen LogP contribution is -2.61. The maximum Gasteiger partial charge on any atom is 0.416 e. The van der Waals surface area contributed by atoms with E-state index in [-0.39, 0.29) is 18.6 Å². The monoisotopic (exact) mass is 670 g/mol. The highest BCUT2D eigenvalue weighted by Gasteiger charge is 2.61. The van der Waals surface area contributed by atoms with E-state index in [1.54, 1.807) is 10.0 Å². The van der Waals surface area contributed by atoms with Crippen LogP contribution in [0.15, 0.2) is 41.6 Å². The number of carbonyl (C=O) groups excluding carboxylic acids is 2. The van der Waals surface area contributed by atoms with Crippen molar-refractivity contribution in [2.75, 3.05) is 13.2 Å². The molecule has 1 atom stereocenters. The van der Waals surface area contributed by atoms with Crippen molar-refractivity contribution in [1.29, 1.82) is 5.41 Å². The molecular formula is C28H33F7N4O5S. The van der Waals surface area contributed by atoms with Crippen molar-refractivity contribution in [2.45, 2.75) is 81.4 Å². The molecule has 2 aliphatic rings. The molecule has 1 aliphatic carbocycles. The van der Waals surface area contributed by atoms with E-state index in [1.807, 2.05) is 6.92 Å². The summed E-state index contributed by atoms with van der Waals surface area (Å²) in [6.45, 7) is 1.91. The highest BCUT2D eigenvalue weighted by molar-refractivity contribution is 7.91. The largest absolute Gasteiger partial charge is 0.493 e. The van der Waals surface area contributed by atoms with Gasteiger partial charge < -0.3 is 20.8 Å². The van der Waals surface area contributed by atoms with Crippen LogP contribution in [0.4, 0.5) is 30.7 Å². The Hall–Kier alpha value is -3.63. The number of amides is 2. The Kier molecular flexibility index (Phi) is 11.3. The Balaban J connectivity index is 2.01. The third-order valence-corrected chi connectivity index (χ3v) is 8.92. The minimum atomic E-state index is -5.42. The summed E-state index contributed by atoms with van der Waals surface area (Å²) in [4.78, 5) is 26.3. The van der Waals surface area contributed by atoms with Gasteiger partial charge in [-0.2, -0.15) is 26.3 Å². The van der Waals surface area contributed by atoms with Crippen LogP contribution in [0.2, 0.25) is 0 Å². The van der Waals surface area contributed by atoms with Crippen LogP contribution in [0.5, 0.6) is 5.75 Å². The number of halogens is 7. The zero-order valence-electron chi connectivity index (χ0n) is 24.1. The second-order valence-electron chi connectivity index (χ2n) is 10.7. The summed E-state index contributed by atoms with van der Waals surface area (Å²) in [6.07, 6.45) is -7.71. The predicted octanol–water partition coefficient (Wildman–Crippen LogP) is 5.04. The lowest BCUT2D eigenvalue weighted by Gasteiger charge is -2.41. The van der Waals surface area contributed by atoms with Crippen molar-refractivity contribution in [1.82, 2.24) is 15.4 Å². The maximum absolute atomic E-state index is 15.3. The van der Waals surface area contributed by atoms with Crippen LogP contribution in [0.3, 0.4) is 0 Å². The zero-order chi connectivity index (χ0) is 33.6. The maximum atomic E-state index is 15.3. The molecule has 1 aromatic carbocycles. The van der Waals surface area contributed by atoms with Crippen molar-refractivity contribution in [2.24, 2.45) is 0 Å². The smallest absolute Gasteiger partial charge is 0.416 e. The first kappa shape index (κ1) is 35.8. The number of unbranched alkanes of at least 4 members (excludes halogenated alkanes) is 2. The number of hydrogen-bond donors (Lipinski definition) is 4. The number of benzene rings is 1. The van der Waals surface area contributed by atoms with E-state index in [9.17, 15) is 44.3 Å². The van der Waals surface area contributed by atoms with Crippen LogP contribution < -0.4 is 20.1 Å². The zero-order valence-corrected chi connectivity index (χ0v) is 24.9. The first-order valence-corrected chi connectivity index (χ1v) is 15.6. The van der Waals surface area contributed by atoms with Crippen molar-refractivity contribution >= 4 is 27.5 Å². The van der Waals surface area contributed by atoms with Crippen LogP contribution in [0.1, 0.15) is 63.9 Å². The van der Waals surface area contributed by atoms with Gasteiger partial charge in [0.2, 0.25) is 10.0 Å². The second-order valence-corrected chi connectivity index (χ2v) is 12.6. The van der Waals surface area contributed by atoms with Gasteiger partial charge in [-0.1, -0.05) is 19.8 Å². The summed E-state index contributed by atoms with van der Waals surface area (Å²) in [7, 11) is -4.25. The molecule has 1 aromatic rings. The Bertz CT molecular complexity index is 1450. The summed E-state index contributed by atoms with van der Waals surface area (Å²) in [5, 5.41) is 12.0. The molecule has 1 saturated carbocycles. The average molecular weight is 671 g/mol. The fourth-order valence-electron chi connectivity index (χ4n) is 4.59. The number of hydrogen-bond acceptors (Lipinski definition) is 7. The molecule has 3 rings (SSSR count). The molecule has 1 heterocycles. The van der Waals surface area contributed by atoms with E-state index < -0.39 is 99.1 Å². The molecular weight excluding hydrogens is 637 g/mol. The van der Waals surface area contributed by atoms with Gasteiger partial charge in [0, 0.05) is 31.0 Å². The molecule has 0 unspecified atom stereocenters. The minimum absolute atomic E-state index is 0.238. The van der Waals surface area contributed by atoms with E-state index in [4.69, 9.17) is 10.1 Å². The molecule has 1 fully saturated rings. The number of nitrogens with one attached hydrogen (secondary N) is 4. The third kappa shape index (κ3) is 9.20. The molecule has 0 aromatic heterocycles. The van der Waals surface area contributed by atoms with Crippen LogP contribution in [-0.2, 0) is 25.2 Å². The summed E-state index contributed by atoms with van der Waals surface area (Å²) >= 11 is 0. The molecule has 0 radical (unpaired) electrons. The molecule has 250 valence electrons. The van der Waals surface area contributed by atoms with Crippen LogP contribution in [-0.4, -0.2) is 56.7 Å². The summed E-state index contributed by atoms with van der Waals surface area (Å²) in [5.74, 6) is -5.15. The summed E-state index contributed by atoms with van der Waals surface area (Å²) in [5.41, 5.74) is -7.22. The Labute approximate surface area is 255 Å². The van der Waals surface area contributed by atoms with Crippen molar-refractivity contribution < 1.29 is 53.5 Å². The van der Waals surface area contributed by atoms with Crippen LogP contribution >= 0.6 is 0 Å². The topological polar surface area (TPSA) is 137 Å². The van der Waals surface area contributed by atoms with Gasteiger partial charge in [-0.15, -0.1) is 0 Å². The lowest BCUT2D eigenvalue weighted by atomic mass is 9.76. The molecule has 1 aliphatic heterocycles. The standard InChI is InChI=1S/C28H33F7N4O5S/c1-2-3-4-12-37-13-10-22(36)19-16-26(28(33,34)35,38-24(40)23(19)25(41)39-45(42,43)18-7-8-18)20-9-6-17(15-21(20)29)44-14-5-11-27(30,31)32/h6,9-10,13,15,18,36-37H,2-5,7-8,11-12,14,16H2,1H3,(H,38,40)(H,39,41)/b13-10-,36-22?/t26-/m0/s1. The van der Waals surface area contributed by atoms with Crippen molar-refractivity contribution in [3.05, 3.63) is 53.0 Å². The lowest BCUT2D eigenvalue weighted by molar-refractivity contribution is -0.203. The fourth-order valence-corrected chi connectivity index (χ4v) is 5.87. The normalized spacial score (nSPS) is 19.4. The SMILES string of the molecule is CCCCCN/C=C\C(=N)C1=C(C(=O)NS(=O)(=O)C2CC2)C(=O)N[C@@](c2ccc(OCCCC(F)(F)F)cc2F)(C(F)(F)F)C1. The highest BCUT2D eigenvalue weighted by Crippen LogP contribution is 2.47. The summed E-state index contributed by atoms with van der Waals surface area (Å²) < 4.78 is 128. The van der Waals surface area contributed by atoms with Gasteiger partial charge in [0.15, 0.2) is 5.54 Å². The highest BCUT2D eigenvalue weighted by atomic mass is 32.2. The van der Waals surface area contributed by atoms with Gasteiger partial charge in [0.05, 0.1) is 17.6 Å². The molecule has 0 spiro atoms. The quantitative estimate of drug-likeness (QED) is 0.0894. The van der Waals surface area contributed by atoms with Gasteiger partial charge >= 0.3 is 12.4 Å². The van der Waals surface area contributed by atoms with Gasteiger partial charge in [0.1, 0.15) is 17.1 Å². The first-order chi connectivity index (χ1) is 20.9. The van der Waals surface area contributed by atoms with Gasteiger partial charge in [0.25, 0.3) is 11.8 Å². The Morgan fingerprint density at radius 1 is 1.16 bits per heavy atom. The van der Waals surface area contributed by atoms with E-state index in [0.29, 0.717) is 18.7 Å². The number of carbonyl (C=O) groups is 2. The van der Waals surface area contributed by atoms with Gasteiger partial charge in [-0.05, 0) is 55.7 Å². The van der Waals surface area contributed by atoms with E-state index >= 15 is 4.39 Å². The van der Waals surface area contributed by atoms with E-state index in [2.05, 4.69) is 5.32 Å². The van der Waals surface area contributed by atoms with E-state index in [0.717, 1.165) is 31.4 Å². The van der Waals surface area contributed by atoms with Crippen LogP contribution in [0.25, 0.3) is 0 Å². The third-order valence-electron chi connectivity index (χ3n) is 7.10. The minimum Gasteiger partial charge on any atom is -0.493 e. The van der Waals surface area contributed by atoms with Gasteiger partial charge in [-0.25, -0.2) is 17.5 Å². The Morgan fingerprint density at radius 3 is 2.42 bits per heavy atom. The predicted molar refractivity (Wildman–Crippen MR) is 149 cm³/mol. The number of sulfonamides is 1. The van der Waals surface area contributed by atoms with E-state index in [1.165, 1.54) is 6.20 Å². The molecule has 0 bridgehead atoms. The molecule has 0 saturated heterocycles. The van der Waals surface area contributed by atoms with Gasteiger partial charge in [-0.3, -0.25) is 9.59 Å². The number of ether oxygens (including phenoxy) is 1. The molecule has 17 heteroatoms. The van der Waals surface area contributed by atoms with Crippen molar-refractivity contribution in [3.8, 4) is 5.75 Å². The number of rotatable bonds is 15. The molecule has 45 heavy (non-hydrogen) atoms.